The zero-order valence-electron chi connectivity index (χ0n) is 19.4. The molecule has 0 bridgehead atoms. The van der Waals surface area contributed by atoms with Gasteiger partial charge in [0.25, 0.3) is 11.8 Å². The number of carboxylic acids is 1. The molecule has 14 nitrogen and oxygen atoms in total. The molecule has 190 valence electrons. The fourth-order valence-electron chi connectivity index (χ4n) is 3.97. The lowest BCUT2D eigenvalue weighted by Gasteiger charge is -2.40. The van der Waals surface area contributed by atoms with Crippen LogP contribution in [0.2, 0.25) is 0 Å². The molecule has 5 N–H and O–H groups in total. The predicted molar refractivity (Wildman–Crippen MR) is 128 cm³/mol. The highest BCUT2D eigenvalue weighted by molar-refractivity contribution is 6.06. The third kappa shape index (κ3) is 4.23. The molecule has 5 rings (SSSR count). The molecule has 4 aromatic rings. The van der Waals surface area contributed by atoms with Crippen LogP contribution in [0.5, 0.6) is 0 Å². The molecule has 1 aliphatic heterocycles. The van der Waals surface area contributed by atoms with Gasteiger partial charge in [-0.15, -0.1) is 5.10 Å². The molecule has 1 aromatic carbocycles. The van der Waals surface area contributed by atoms with Crippen molar-refractivity contribution in [2.24, 2.45) is 0 Å². The molecular weight excluding hydrogens is 486 g/mol. The summed E-state index contributed by atoms with van der Waals surface area (Å²) in [7, 11) is 0. The number of morpholine rings is 1. The van der Waals surface area contributed by atoms with Gasteiger partial charge >= 0.3 is 5.97 Å². The Labute approximate surface area is 208 Å². The minimum Gasteiger partial charge on any atom is -0.477 e. The van der Waals surface area contributed by atoms with Gasteiger partial charge in [-0.1, -0.05) is 5.16 Å². The molecule has 2 amide bonds. The second-order valence-electron chi connectivity index (χ2n) is 8.41. The van der Waals surface area contributed by atoms with Crippen LogP contribution in [0, 0.1) is 0 Å². The Balaban J connectivity index is 1.34. The van der Waals surface area contributed by atoms with E-state index in [4.69, 9.17) is 20.1 Å². The summed E-state index contributed by atoms with van der Waals surface area (Å²) in [6.07, 6.45) is 1.02. The minimum atomic E-state index is -1.90. The lowest BCUT2D eigenvalue weighted by Crippen LogP contribution is -2.63. The topological polar surface area (TPSA) is 199 Å². The molecule has 4 heterocycles. The molecule has 1 fully saturated rings. The predicted octanol–water partition coefficient (Wildman–Crippen LogP) is 0.810. The second-order valence-corrected chi connectivity index (χ2v) is 8.41. The molecule has 37 heavy (non-hydrogen) atoms. The maximum Gasteiger partial charge on any atom is 0.354 e. The smallest absolute Gasteiger partial charge is 0.354 e. The zero-order valence-corrected chi connectivity index (χ0v) is 19.4. The lowest BCUT2D eigenvalue weighted by atomic mass is 9.94. The monoisotopic (exact) mass is 507 g/mol. The summed E-state index contributed by atoms with van der Waals surface area (Å²) in [6.45, 7) is 1.48. The van der Waals surface area contributed by atoms with Crippen LogP contribution >= 0.6 is 0 Å². The molecule has 1 saturated heterocycles. The summed E-state index contributed by atoms with van der Waals surface area (Å²) in [5.74, 6) is -2.30. The van der Waals surface area contributed by atoms with Crippen LogP contribution in [0.25, 0.3) is 16.7 Å². The summed E-state index contributed by atoms with van der Waals surface area (Å²) in [6, 6.07) is 9.10. The highest BCUT2D eigenvalue weighted by atomic mass is 16.5. The van der Waals surface area contributed by atoms with Crippen molar-refractivity contribution < 1.29 is 33.9 Å². The number of aliphatic hydroxyl groups is 1. The van der Waals surface area contributed by atoms with E-state index < -0.39 is 29.5 Å². The third-order valence-corrected chi connectivity index (χ3v) is 6.00. The van der Waals surface area contributed by atoms with Gasteiger partial charge in [0, 0.05) is 30.2 Å². The van der Waals surface area contributed by atoms with Gasteiger partial charge in [0.05, 0.1) is 24.2 Å². The Morgan fingerprint density at radius 2 is 2.05 bits per heavy atom. The number of rotatable bonds is 6. The van der Waals surface area contributed by atoms with E-state index in [1.807, 2.05) is 0 Å². The lowest BCUT2D eigenvalue weighted by molar-refractivity contribution is -0.170. The number of pyridine rings is 1. The Morgan fingerprint density at radius 3 is 2.84 bits per heavy atom. The third-order valence-electron chi connectivity index (χ3n) is 6.00. The standard InChI is InChI=1S/C23H21N7O7/c1-23(18(31)20(32)26-12-2-3-14-16(10-12)37-28-19(14)24)22(35)29(8-9-36-23)17-5-7-30(27-17)13-4-6-25-15(11-13)21(33)34/h2-7,10-11,18,31H,8-9H2,1H3,(H2,24,28)(H,26,32)(H,33,34)/t18-,23?/m0/s1. The van der Waals surface area contributed by atoms with Crippen LogP contribution in [0.3, 0.4) is 0 Å². The van der Waals surface area contributed by atoms with Gasteiger partial charge in [-0.3, -0.25) is 14.5 Å². The second kappa shape index (κ2) is 9.00. The summed E-state index contributed by atoms with van der Waals surface area (Å²) < 4.78 is 12.1. The molecule has 0 saturated carbocycles. The number of fused-ring (bicyclic) bond motifs is 1. The zero-order chi connectivity index (χ0) is 26.3. The summed E-state index contributed by atoms with van der Waals surface area (Å²) in [4.78, 5) is 42.5. The molecular formula is C23H21N7O7. The van der Waals surface area contributed by atoms with E-state index in [-0.39, 0.29) is 30.5 Å². The number of benzene rings is 1. The van der Waals surface area contributed by atoms with Gasteiger partial charge < -0.3 is 30.5 Å². The maximum atomic E-state index is 13.4. The number of hydrogen-bond acceptors (Lipinski definition) is 10. The van der Waals surface area contributed by atoms with E-state index >= 15 is 0 Å². The number of ether oxygens (including phenoxy) is 1. The number of aliphatic hydroxyl groups excluding tert-OH is 1. The summed E-state index contributed by atoms with van der Waals surface area (Å²) in [5, 5.41) is 31.1. The first-order chi connectivity index (χ1) is 17.7. The first kappa shape index (κ1) is 23.9. The largest absolute Gasteiger partial charge is 0.477 e. The van der Waals surface area contributed by atoms with E-state index in [0.717, 1.165) is 0 Å². The number of nitrogens with two attached hydrogens (primary N) is 1. The number of hydrogen-bond donors (Lipinski definition) is 4. The Morgan fingerprint density at radius 1 is 1.24 bits per heavy atom. The van der Waals surface area contributed by atoms with Gasteiger partial charge in [-0.2, -0.15) is 0 Å². The van der Waals surface area contributed by atoms with E-state index in [1.54, 1.807) is 30.5 Å². The number of nitrogens with zero attached hydrogens (tertiary/aromatic N) is 5. The molecule has 2 atom stereocenters. The fraction of sp³-hybridized carbons (Fsp3) is 0.217. The maximum absolute atomic E-state index is 13.4. The van der Waals surface area contributed by atoms with Gasteiger partial charge in [0.1, 0.15) is 5.69 Å². The van der Waals surface area contributed by atoms with Crippen molar-refractivity contribution in [2.45, 2.75) is 18.6 Å². The molecule has 1 unspecified atom stereocenters. The highest BCUT2D eigenvalue weighted by Gasteiger charge is 2.51. The first-order valence-corrected chi connectivity index (χ1v) is 11.0. The Hall–Kier alpha value is -4.82. The number of amides is 2. The van der Waals surface area contributed by atoms with Crippen molar-refractivity contribution >= 4 is 46.1 Å². The number of aromatic nitrogens is 4. The van der Waals surface area contributed by atoms with Crippen LogP contribution in [0.1, 0.15) is 17.4 Å². The van der Waals surface area contributed by atoms with Gasteiger partial charge in [0.15, 0.2) is 28.9 Å². The average molecular weight is 507 g/mol. The molecule has 14 heteroatoms. The van der Waals surface area contributed by atoms with Crippen molar-refractivity contribution in [1.82, 2.24) is 19.9 Å². The fourth-order valence-corrected chi connectivity index (χ4v) is 3.97. The number of carbonyl (C=O) groups excluding carboxylic acids is 2. The van der Waals surface area contributed by atoms with Crippen molar-refractivity contribution in [1.29, 1.82) is 0 Å². The van der Waals surface area contributed by atoms with Crippen molar-refractivity contribution in [2.75, 3.05) is 29.1 Å². The van der Waals surface area contributed by atoms with Crippen LogP contribution in [0.4, 0.5) is 17.3 Å². The quantitative estimate of drug-likeness (QED) is 0.288. The SMILES string of the molecule is CC1([C@@H](O)C(=O)Nc2ccc3c(N)noc3c2)OCCN(c2ccn(-c3ccnc(C(=O)O)c3)n2)C1=O. The van der Waals surface area contributed by atoms with Gasteiger partial charge in [-0.05, 0) is 31.2 Å². The van der Waals surface area contributed by atoms with Crippen LogP contribution in [-0.2, 0) is 14.3 Å². The molecule has 1 aliphatic rings. The number of nitrogen functional groups attached to an aromatic ring is 1. The van der Waals surface area contributed by atoms with Crippen LogP contribution < -0.4 is 16.0 Å². The molecule has 0 spiro atoms. The van der Waals surface area contributed by atoms with E-state index in [0.29, 0.717) is 22.3 Å². The van der Waals surface area contributed by atoms with Crippen molar-refractivity contribution in [3.05, 3.63) is 54.5 Å². The van der Waals surface area contributed by atoms with E-state index in [1.165, 1.54) is 34.8 Å². The summed E-state index contributed by atoms with van der Waals surface area (Å²) >= 11 is 0. The first-order valence-electron chi connectivity index (χ1n) is 11.0. The normalized spacial score (nSPS) is 18.6. The van der Waals surface area contributed by atoms with Crippen LogP contribution in [0.15, 0.2) is 53.3 Å². The highest BCUT2D eigenvalue weighted by Crippen LogP contribution is 2.29. The Kier molecular flexibility index (Phi) is 5.81. The molecule has 3 aromatic heterocycles. The minimum absolute atomic E-state index is 0.0289. The average Bonchev–Trinajstić information content (AvgIpc) is 3.52. The van der Waals surface area contributed by atoms with E-state index in [2.05, 4.69) is 20.6 Å². The summed E-state index contributed by atoms with van der Waals surface area (Å²) in [5.41, 5.74) is 4.69. The van der Waals surface area contributed by atoms with Crippen molar-refractivity contribution in [3.8, 4) is 5.69 Å². The number of carboxylic acid groups (broad SMARTS) is 1. The molecule has 0 radical (unpaired) electrons. The van der Waals surface area contributed by atoms with Gasteiger partial charge in [0.2, 0.25) is 0 Å². The number of nitrogens with one attached hydrogen (secondary N) is 1. The van der Waals surface area contributed by atoms with Crippen molar-refractivity contribution in [3.63, 3.8) is 0 Å². The van der Waals surface area contributed by atoms with E-state index in [9.17, 15) is 19.5 Å². The van der Waals surface area contributed by atoms with Crippen LogP contribution in [-0.4, -0.2) is 72.8 Å². The number of anilines is 3. The molecule has 0 aliphatic carbocycles. The van der Waals surface area contributed by atoms with Gasteiger partial charge in [-0.25, -0.2) is 14.5 Å². The number of carbonyl (C=O) groups is 3. The number of aromatic carboxylic acids is 1. The Bertz CT molecular complexity index is 1530.